The van der Waals surface area contributed by atoms with Gasteiger partial charge >= 0.3 is 0 Å². The van der Waals surface area contributed by atoms with Gasteiger partial charge in [0.25, 0.3) is 0 Å². The van der Waals surface area contributed by atoms with Crippen LogP contribution >= 0.6 is 11.6 Å². The first-order valence-corrected chi connectivity index (χ1v) is 8.26. The molecule has 0 radical (unpaired) electrons. The van der Waals surface area contributed by atoms with Gasteiger partial charge in [0.2, 0.25) is 5.91 Å². The minimum absolute atomic E-state index is 0.121. The first-order valence-electron chi connectivity index (χ1n) is 7.88. The van der Waals surface area contributed by atoms with Crippen LogP contribution in [0.15, 0.2) is 30.6 Å². The Kier molecular flexibility index (Phi) is 4.85. The number of aromatic nitrogens is 2. The van der Waals surface area contributed by atoms with Gasteiger partial charge in [-0.25, -0.2) is 9.97 Å². The van der Waals surface area contributed by atoms with Crippen LogP contribution in [0.3, 0.4) is 0 Å². The monoisotopic (exact) mass is 345 g/mol. The van der Waals surface area contributed by atoms with Gasteiger partial charge < -0.3 is 15.1 Å². The zero-order chi connectivity index (χ0) is 17.1. The van der Waals surface area contributed by atoms with Gasteiger partial charge in [-0.15, -0.1) is 0 Å². The van der Waals surface area contributed by atoms with Gasteiger partial charge in [0.05, 0.1) is 0 Å². The van der Waals surface area contributed by atoms with E-state index in [-0.39, 0.29) is 5.91 Å². The number of amides is 1. The highest BCUT2D eigenvalue weighted by molar-refractivity contribution is 6.31. The summed E-state index contributed by atoms with van der Waals surface area (Å²) in [7, 11) is 0. The van der Waals surface area contributed by atoms with Gasteiger partial charge in [0.1, 0.15) is 18.0 Å². The summed E-state index contributed by atoms with van der Waals surface area (Å²) >= 11 is 6.16. The van der Waals surface area contributed by atoms with Crippen molar-refractivity contribution in [3.8, 4) is 0 Å². The fourth-order valence-corrected chi connectivity index (χ4v) is 2.84. The maximum atomic E-state index is 11.4. The smallest absolute Gasteiger partial charge is 0.219 e. The van der Waals surface area contributed by atoms with E-state index in [1.165, 1.54) is 0 Å². The van der Waals surface area contributed by atoms with Crippen LogP contribution in [0, 0.1) is 6.92 Å². The molecule has 0 saturated carbocycles. The van der Waals surface area contributed by atoms with Gasteiger partial charge in [-0.1, -0.05) is 17.7 Å². The van der Waals surface area contributed by atoms with Gasteiger partial charge in [0.15, 0.2) is 0 Å². The summed E-state index contributed by atoms with van der Waals surface area (Å²) in [5, 5.41) is 3.97. The molecule has 1 saturated heterocycles. The third kappa shape index (κ3) is 3.76. The summed E-state index contributed by atoms with van der Waals surface area (Å²) in [5.74, 6) is 1.69. The second-order valence-electron chi connectivity index (χ2n) is 5.84. The zero-order valence-corrected chi connectivity index (χ0v) is 14.5. The lowest BCUT2D eigenvalue weighted by molar-refractivity contribution is -0.129. The van der Waals surface area contributed by atoms with E-state index in [1.54, 1.807) is 13.3 Å². The fraction of sp³-hybridized carbons (Fsp3) is 0.353. The maximum absolute atomic E-state index is 11.4. The molecule has 1 aromatic carbocycles. The van der Waals surface area contributed by atoms with Gasteiger partial charge in [-0.3, -0.25) is 4.79 Å². The number of halogens is 1. The van der Waals surface area contributed by atoms with E-state index in [9.17, 15) is 4.79 Å². The molecule has 1 fully saturated rings. The van der Waals surface area contributed by atoms with Crippen LogP contribution in [0.2, 0.25) is 5.02 Å². The number of nitrogens with zero attached hydrogens (tertiary/aromatic N) is 4. The van der Waals surface area contributed by atoms with Crippen molar-refractivity contribution in [2.75, 3.05) is 36.4 Å². The molecule has 0 unspecified atom stereocenters. The third-order valence-electron chi connectivity index (χ3n) is 4.15. The summed E-state index contributed by atoms with van der Waals surface area (Å²) in [6.45, 7) is 6.55. The van der Waals surface area contributed by atoms with Crippen LogP contribution < -0.4 is 10.2 Å². The molecule has 1 aliphatic rings. The molecule has 2 aromatic rings. The molecule has 1 aromatic heterocycles. The summed E-state index contributed by atoms with van der Waals surface area (Å²) in [5.41, 5.74) is 1.92. The van der Waals surface area contributed by atoms with E-state index in [4.69, 9.17) is 11.6 Å². The van der Waals surface area contributed by atoms with Crippen LogP contribution in [0.5, 0.6) is 0 Å². The second kappa shape index (κ2) is 7.05. The number of carbonyl (C=O) groups excluding carboxylic acids is 1. The largest absolute Gasteiger partial charge is 0.353 e. The lowest BCUT2D eigenvalue weighted by Gasteiger charge is -2.34. The molecule has 7 heteroatoms. The van der Waals surface area contributed by atoms with E-state index >= 15 is 0 Å². The molecule has 3 rings (SSSR count). The average molecular weight is 346 g/mol. The average Bonchev–Trinajstić information content (AvgIpc) is 2.58. The first kappa shape index (κ1) is 16.5. The molecular weight excluding hydrogens is 326 g/mol. The number of carbonyl (C=O) groups is 1. The zero-order valence-electron chi connectivity index (χ0n) is 13.8. The Balaban J connectivity index is 1.70. The van der Waals surface area contributed by atoms with E-state index in [0.29, 0.717) is 5.82 Å². The van der Waals surface area contributed by atoms with Crippen molar-refractivity contribution in [3.63, 3.8) is 0 Å². The van der Waals surface area contributed by atoms with Crippen molar-refractivity contribution >= 4 is 34.8 Å². The highest BCUT2D eigenvalue weighted by atomic mass is 35.5. The Morgan fingerprint density at radius 2 is 1.92 bits per heavy atom. The van der Waals surface area contributed by atoms with Crippen molar-refractivity contribution in [2.45, 2.75) is 13.8 Å². The maximum Gasteiger partial charge on any atom is 0.219 e. The minimum Gasteiger partial charge on any atom is -0.353 e. The Labute approximate surface area is 146 Å². The SMILES string of the molecule is CC(=O)N1CCN(c2cc(Nc3ccc(C)c(Cl)c3)ncn2)CC1. The molecule has 6 nitrogen and oxygen atoms in total. The number of hydrogen-bond acceptors (Lipinski definition) is 5. The van der Waals surface area contributed by atoms with E-state index in [0.717, 1.165) is 48.3 Å². The summed E-state index contributed by atoms with van der Waals surface area (Å²) in [6, 6.07) is 7.73. The van der Waals surface area contributed by atoms with Crippen LogP contribution in [-0.2, 0) is 4.79 Å². The molecule has 1 N–H and O–H groups in total. The summed E-state index contributed by atoms with van der Waals surface area (Å²) < 4.78 is 0. The Bertz CT molecular complexity index is 744. The van der Waals surface area contributed by atoms with E-state index in [1.807, 2.05) is 36.1 Å². The molecule has 1 amide bonds. The molecule has 0 bridgehead atoms. The van der Waals surface area contributed by atoms with E-state index < -0.39 is 0 Å². The van der Waals surface area contributed by atoms with Crippen molar-refractivity contribution < 1.29 is 4.79 Å². The highest BCUT2D eigenvalue weighted by Gasteiger charge is 2.19. The minimum atomic E-state index is 0.121. The molecule has 24 heavy (non-hydrogen) atoms. The molecule has 0 aliphatic carbocycles. The lowest BCUT2D eigenvalue weighted by Crippen LogP contribution is -2.48. The van der Waals surface area contributed by atoms with Crippen molar-refractivity contribution in [1.82, 2.24) is 14.9 Å². The first-order chi connectivity index (χ1) is 11.5. The highest BCUT2D eigenvalue weighted by Crippen LogP contribution is 2.24. The number of anilines is 3. The van der Waals surface area contributed by atoms with Gasteiger partial charge in [-0.2, -0.15) is 0 Å². The van der Waals surface area contributed by atoms with E-state index in [2.05, 4.69) is 20.2 Å². The molecule has 126 valence electrons. The number of hydrogen-bond donors (Lipinski definition) is 1. The Morgan fingerprint density at radius 3 is 2.58 bits per heavy atom. The quantitative estimate of drug-likeness (QED) is 0.926. The molecule has 1 aliphatic heterocycles. The fourth-order valence-electron chi connectivity index (χ4n) is 2.66. The van der Waals surface area contributed by atoms with Gasteiger partial charge in [0, 0.05) is 49.9 Å². The number of piperazine rings is 1. The number of benzene rings is 1. The van der Waals surface area contributed by atoms with Crippen molar-refractivity contribution in [2.24, 2.45) is 0 Å². The molecule has 2 heterocycles. The second-order valence-corrected chi connectivity index (χ2v) is 6.25. The van der Waals surface area contributed by atoms with Crippen molar-refractivity contribution in [3.05, 3.63) is 41.2 Å². The van der Waals surface area contributed by atoms with Crippen molar-refractivity contribution in [1.29, 1.82) is 0 Å². The van der Waals surface area contributed by atoms with Crippen LogP contribution in [-0.4, -0.2) is 47.0 Å². The predicted octanol–water partition coefficient (Wildman–Crippen LogP) is 2.85. The van der Waals surface area contributed by atoms with Gasteiger partial charge in [-0.05, 0) is 24.6 Å². The predicted molar refractivity (Wildman–Crippen MR) is 96.0 cm³/mol. The number of aryl methyl sites for hydroxylation is 1. The summed E-state index contributed by atoms with van der Waals surface area (Å²) in [6.07, 6.45) is 1.55. The number of nitrogens with one attached hydrogen (secondary N) is 1. The lowest BCUT2D eigenvalue weighted by atomic mass is 10.2. The Morgan fingerprint density at radius 1 is 1.17 bits per heavy atom. The molecular formula is C17H20ClN5O. The van der Waals surface area contributed by atoms with Crippen LogP contribution in [0.1, 0.15) is 12.5 Å². The topological polar surface area (TPSA) is 61.4 Å². The van der Waals surface area contributed by atoms with Crippen LogP contribution in [0.25, 0.3) is 0 Å². The normalized spacial score (nSPS) is 14.6. The molecule has 0 atom stereocenters. The standard InChI is InChI=1S/C17H20ClN5O/c1-12-3-4-14(9-15(12)18)21-16-10-17(20-11-19-16)23-7-5-22(6-8-23)13(2)24/h3-4,9-11H,5-8H2,1-2H3,(H,19,20,21). The summed E-state index contributed by atoms with van der Waals surface area (Å²) in [4.78, 5) is 24.0. The Hall–Kier alpha value is -2.34. The number of rotatable bonds is 3. The van der Waals surface area contributed by atoms with Crippen LogP contribution in [0.4, 0.5) is 17.3 Å². The third-order valence-corrected chi connectivity index (χ3v) is 4.55. The molecule has 0 spiro atoms.